The number of hydrogen-bond donors (Lipinski definition) is 1. The van der Waals surface area contributed by atoms with Gasteiger partial charge in [-0.15, -0.1) is 0 Å². The fourth-order valence-corrected chi connectivity index (χ4v) is 2.01. The number of benzene rings is 2. The summed E-state index contributed by atoms with van der Waals surface area (Å²) in [7, 11) is 0. The van der Waals surface area contributed by atoms with Crippen LogP contribution in [-0.4, -0.2) is 5.84 Å². The quantitative estimate of drug-likeness (QED) is 0.780. The zero-order chi connectivity index (χ0) is 11.0. The first-order valence-electron chi connectivity index (χ1n) is 5.12. The first kappa shape index (κ1) is 8.93. The lowest BCUT2D eigenvalue weighted by atomic mass is 10.1. The van der Waals surface area contributed by atoms with Crippen LogP contribution < -0.4 is 5.32 Å². The molecule has 2 aromatic carbocycles. The van der Waals surface area contributed by atoms with E-state index < -0.39 is 0 Å². The summed E-state index contributed by atoms with van der Waals surface area (Å²) in [5.41, 5.74) is 1.98. The summed E-state index contributed by atoms with van der Waals surface area (Å²) in [6.45, 7) is 0. The molecule has 1 aliphatic heterocycles. The van der Waals surface area contributed by atoms with E-state index in [1.54, 1.807) is 0 Å². The van der Waals surface area contributed by atoms with Crippen molar-refractivity contribution in [2.45, 2.75) is 6.42 Å². The van der Waals surface area contributed by atoms with Gasteiger partial charge in [-0.1, -0.05) is 24.3 Å². The summed E-state index contributed by atoms with van der Waals surface area (Å²) in [4.78, 5) is 4.44. The molecule has 3 nitrogen and oxygen atoms in total. The van der Waals surface area contributed by atoms with Gasteiger partial charge in [-0.2, -0.15) is 5.26 Å². The van der Waals surface area contributed by atoms with Crippen LogP contribution in [0.15, 0.2) is 41.4 Å². The Hall–Kier alpha value is -2.34. The molecule has 76 valence electrons. The Morgan fingerprint density at radius 3 is 2.81 bits per heavy atom. The van der Waals surface area contributed by atoms with Crippen molar-refractivity contribution in [2.75, 3.05) is 5.32 Å². The van der Waals surface area contributed by atoms with Crippen molar-refractivity contribution in [3.63, 3.8) is 0 Å². The van der Waals surface area contributed by atoms with Crippen molar-refractivity contribution >= 4 is 28.0 Å². The molecule has 0 saturated carbocycles. The molecule has 0 bridgehead atoms. The lowest BCUT2D eigenvalue weighted by Gasteiger charge is -2.17. The molecule has 0 atom stereocenters. The molecule has 0 amide bonds. The maximum Gasteiger partial charge on any atom is 0.121 e. The molecule has 16 heavy (non-hydrogen) atoms. The second-order valence-corrected chi connectivity index (χ2v) is 3.70. The molecule has 1 heterocycles. The average molecular weight is 207 g/mol. The predicted molar refractivity (Wildman–Crippen MR) is 64.9 cm³/mol. The minimum absolute atomic E-state index is 0.310. The van der Waals surface area contributed by atoms with Crippen LogP contribution in [0.3, 0.4) is 0 Å². The number of rotatable bonds is 1. The van der Waals surface area contributed by atoms with Crippen molar-refractivity contribution in [1.29, 1.82) is 5.26 Å². The molecule has 0 fully saturated rings. The molecular formula is C13H9N3. The zero-order valence-corrected chi connectivity index (χ0v) is 8.57. The highest BCUT2D eigenvalue weighted by atomic mass is 15.0. The van der Waals surface area contributed by atoms with E-state index in [1.165, 1.54) is 5.39 Å². The van der Waals surface area contributed by atoms with Crippen LogP contribution in [0.1, 0.15) is 6.42 Å². The van der Waals surface area contributed by atoms with E-state index in [-0.39, 0.29) is 0 Å². The number of aliphatic imine (C=N–C) groups is 1. The Morgan fingerprint density at radius 2 is 2.00 bits per heavy atom. The van der Waals surface area contributed by atoms with Gasteiger partial charge in [-0.25, -0.2) is 4.99 Å². The lowest BCUT2D eigenvalue weighted by molar-refractivity contribution is 1.35. The second kappa shape index (κ2) is 3.35. The SMILES string of the molecule is N#CCC1=Nc2cccc3cccc(c23)N1. The van der Waals surface area contributed by atoms with Gasteiger partial charge in [-0.05, 0) is 17.5 Å². The fraction of sp³-hybridized carbons (Fsp3) is 0.0769. The second-order valence-electron chi connectivity index (χ2n) is 3.70. The number of anilines is 1. The Kier molecular flexibility index (Phi) is 1.87. The predicted octanol–water partition coefficient (Wildman–Crippen LogP) is 3.21. The first-order chi connectivity index (χ1) is 7.88. The van der Waals surface area contributed by atoms with Crippen LogP contribution in [0.5, 0.6) is 0 Å². The van der Waals surface area contributed by atoms with Gasteiger partial charge in [0.2, 0.25) is 0 Å². The van der Waals surface area contributed by atoms with Gasteiger partial charge < -0.3 is 5.32 Å². The summed E-state index contributed by atoms with van der Waals surface area (Å²) >= 11 is 0. The van der Waals surface area contributed by atoms with E-state index in [9.17, 15) is 0 Å². The average Bonchev–Trinajstić information content (AvgIpc) is 2.30. The molecular weight excluding hydrogens is 198 g/mol. The smallest absolute Gasteiger partial charge is 0.121 e. The highest BCUT2D eigenvalue weighted by Gasteiger charge is 2.13. The summed E-state index contributed by atoms with van der Waals surface area (Å²) < 4.78 is 0. The van der Waals surface area contributed by atoms with Gasteiger partial charge in [0.25, 0.3) is 0 Å². The lowest BCUT2D eigenvalue weighted by Crippen LogP contribution is -2.13. The van der Waals surface area contributed by atoms with Crippen LogP contribution in [0.25, 0.3) is 10.8 Å². The number of nitrogens with one attached hydrogen (secondary N) is 1. The topological polar surface area (TPSA) is 48.2 Å². The van der Waals surface area contributed by atoms with Crippen LogP contribution in [0.2, 0.25) is 0 Å². The van der Waals surface area contributed by atoms with E-state index in [2.05, 4.69) is 28.5 Å². The Morgan fingerprint density at radius 1 is 1.19 bits per heavy atom. The van der Waals surface area contributed by atoms with E-state index in [4.69, 9.17) is 5.26 Å². The Labute approximate surface area is 93.0 Å². The van der Waals surface area contributed by atoms with Crippen molar-refractivity contribution in [2.24, 2.45) is 4.99 Å². The third-order valence-electron chi connectivity index (χ3n) is 2.66. The maximum absolute atomic E-state index is 8.69. The Balaban J connectivity index is 2.28. The van der Waals surface area contributed by atoms with E-state index in [1.807, 2.05) is 24.3 Å². The van der Waals surface area contributed by atoms with E-state index in [0.717, 1.165) is 16.8 Å². The molecule has 0 radical (unpaired) electrons. The highest BCUT2D eigenvalue weighted by Crippen LogP contribution is 2.35. The molecule has 2 aromatic rings. The number of hydrogen-bond acceptors (Lipinski definition) is 3. The van der Waals surface area contributed by atoms with Crippen molar-refractivity contribution in [1.82, 2.24) is 0 Å². The van der Waals surface area contributed by atoms with Crippen LogP contribution >= 0.6 is 0 Å². The monoisotopic (exact) mass is 207 g/mol. The highest BCUT2D eigenvalue weighted by molar-refractivity contribution is 6.13. The number of nitriles is 1. The zero-order valence-electron chi connectivity index (χ0n) is 8.57. The van der Waals surface area contributed by atoms with E-state index in [0.29, 0.717) is 12.3 Å². The third kappa shape index (κ3) is 1.24. The molecule has 0 aliphatic carbocycles. The standard InChI is InChI=1S/C13H9N3/c14-8-7-12-15-10-5-1-3-9-4-2-6-11(16-12)13(9)10/h1-6H,7H2,(H,15,16). The summed E-state index contributed by atoms with van der Waals surface area (Å²) in [5.74, 6) is 0.716. The summed E-state index contributed by atoms with van der Waals surface area (Å²) in [5, 5.41) is 14.2. The van der Waals surface area contributed by atoms with Gasteiger partial charge in [0, 0.05) is 11.1 Å². The van der Waals surface area contributed by atoms with Crippen LogP contribution in [0, 0.1) is 11.3 Å². The summed E-state index contributed by atoms with van der Waals surface area (Å²) in [6, 6.07) is 14.2. The van der Waals surface area contributed by atoms with Gasteiger partial charge in [0.05, 0.1) is 18.2 Å². The maximum atomic E-state index is 8.69. The molecule has 1 N–H and O–H groups in total. The van der Waals surface area contributed by atoms with Crippen molar-refractivity contribution in [3.8, 4) is 6.07 Å². The minimum atomic E-state index is 0.310. The van der Waals surface area contributed by atoms with Crippen molar-refractivity contribution < 1.29 is 0 Å². The molecule has 3 rings (SSSR count). The van der Waals surface area contributed by atoms with Crippen LogP contribution in [-0.2, 0) is 0 Å². The van der Waals surface area contributed by atoms with Crippen molar-refractivity contribution in [3.05, 3.63) is 36.4 Å². The van der Waals surface area contributed by atoms with Gasteiger partial charge >= 0.3 is 0 Å². The summed E-state index contributed by atoms with van der Waals surface area (Å²) in [6.07, 6.45) is 0.310. The number of amidine groups is 1. The molecule has 0 saturated heterocycles. The van der Waals surface area contributed by atoms with Gasteiger partial charge in [0.1, 0.15) is 5.84 Å². The van der Waals surface area contributed by atoms with Gasteiger partial charge in [-0.3, -0.25) is 0 Å². The number of nitrogens with zero attached hydrogens (tertiary/aromatic N) is 2. The molecule has 1 aliphatic rings. The molecule has 0 unspecified atom stereocenters. The molecule has 0 spiro atoms. The van der Waals surface area contributed by atoms with Gasteiger partial charge in [0.15, 0.2) is 0 Å². The first-order valence-corrected chi connectivity index (χ1v) is 5.12. The van der Waals surface area contributed by atoms with E-state index >= 15 is 0 Å². The molecule has 3 heteroatoms. The molecule has 0 aromatic heterocycles. The third-order valence-corrected chi connectivity index (χ3v) is 2.66. The Bertz CT molecular complexity index is 630. The minimum Gasteiger partial charge on any atom is -0.342 e. The van der Waals surface area contributed by atoms with Crippen LogP contribution in [0.4, 0.5) is 11.4 Å². The largest absolute Gasteiger partial charge is 0.342 e. The normalized spacial score (nSPS) is 12.8. The fourth-order valence-electron chi connectivity index (χ4n) is 2.01.